The van der Waals surface area contributed by atoms with Gasteiger partial charge in [-0.2, -0.15) is 0 Å². The van der Waals surface area contributed by atoms with Crippen molar-refractivity contribution in [3.05, 3.63) is 100 Å². The number of nitrogens with zero attached hydrogens (tertiary/aromatic N) is 2. The van der Waals surface area contributed by atoms with Crippen molar-refractivity contribution in [2.24, 2.45) is 0 Å². The zero-order chi connectivity index (χ0) is 23.3. The fourth-order valence-electron chi connectivity index (χ4n) is 3.61. The molecule has 2 heterocycles. The normalized spacial score (nSPS) is 12.2. The van der Waals surface area contributed by atoms with E-state index in [1.165, 1.54) is 11.3 Å². The molecule has 0 spiro atoms. The van der Waals surface area contributed by atoms with Gasteiger partial charge in [-0.15, -0.1) is 0 Å². The molecule has 0 N–H and O–H groups in total. The summed E-state index contributed by atoms with van der Waals surface area (Å²) in [6.07, 6.45) is 1.85. The highest BCUT2D eigenvalue weighted by atomic mass is 79.9. The van der Waals surface area contributed by atoms with Gasteiger partial charge in [-0.25, -0.2) is 9.38 Å². The third kappa shape index (κ3) is 4.28. The lowest BCUT2D eigenvalue weighted by atomic mass is 10.1. The lowest BCUT2D eigenvalue weighted by Gasteiger charge is -2.10. The minimum Gasteiger partial charge on any atom is -0.488 e. The molecule has 4 nitrogen and oxygen atoms in total. The van der Waals surface area contributed by atoms with Gasteiger partial charge in [-0.1, -0.05) is 56.5 Å². The molecule has 0 saturated heterocycles. The standard InChI is InChI=1S/C25H17BrCl2N2O2S/c1-13-7-20-21(8-14(13)2)30-24(31)23(33-25(30)29-20)11-16-10-17(26)4-6-22(16)32-12-15-3-5-18(27)19(28)9-15/h3-11H,12H2,1-2H3/b23-11-. The van der Waals surface area contributed by atoms with E-state index in [4.69, 9.17) is 27.9 Å². The highest BCUT2D eigenvalue weighted by Gasteiger charge is 2.13. The maximum Gasteiger partial charge on any atom is 0.274 e. The number of ether oxygens (including phenoxy) is 1. The van der Waals surface area contributed by atoms with Gasteiger partial charge in [0.1, 0.15) is 12.4 Å². The van der Waals surface area contributed by atoms with Crippen LogP contribution in [0.25, 0.3) is 22.1 Å². The Balaban J connectivity index is 1.56. The van der Waals surface area contributed by atoms with Crippen LogP contribution >= 0.6 is 50.5 Å². The van der Waals surface area contributed by atoms with Crippen LogP contribution in [-0.4, -0.2) is 9.38 Å². The highest BCUT2D eigenvalue weighted by molar-refractivity contribution is 9.10. The number of fused-ring (bicyclic) bond motifs is 3. The Hall–Kier alpha value is -2.38. The van der Waals surface area contributed by atoms with Crippen molar-refractivity contribution in [1.29, 1.82) is 0 Å². The Morgan fingerprint density at radius 3 is 2.64 bits per heavy atom. The lowest BCUT2D eigenvalue weighted by molar-refractivity contribution is 0.305. The molecular weight excluding hydrogens is 543 g/mol. The minimum atomic E-state index is -0.0869. The van der Waals surface area contributed by atoms with Gasteiger partial charge >= 0.3 is 0 Å². The van der Waals surface area contributed by atoms with Crippen LogP contribution in [0.1, 0.15) is 22.3 Å². The second-order valence-corrected chi connectivity index (χ2v) is 10.5. The molecule has 0 saturated carbocycles. The van der Waals surface area contributed by atoms with E-state index in [0.29, 0.717) is 31.9 Å². The highest BCUT2D eigenvalue weighted by Crippen LogP contribution is 2.27. The Labute approximate surface area is 212 Å². The monoisotopic (exact) mass is 558 g/mol. The predicted molar refractivity (Wildman–Crippen MR) is 140 cm³/mol. The number of rotatable bonds is 4. The Kier molecular flexibility index (Phi) is 5.95. The fourth-order valence-corrected chi connectivity index (χ4v) is 5.29. The molecule has 8 heteroatoms. The average Bonchev–Trinajstić information content (AvgIpc) is 3.26. The third-order valence-corrected chi connectivity index (χ3v) is 7.69. The molecule has 166 valence electrons. The van der Waals surface area contributed by atoms with E-state index < -0.39 is 0 Å². The van der Waals surface area contributed by atoms with E-state index in [-0.39, 0.29) is 5.56 Å². The number of benzene rings is 3. The van der Waals surface area contributed by atoms with Crippen LogP contribution in [-0.2, 0) is 6.61 Å². The van der Waals surface area contributed by atoms with Crippen LogP contribution in [0.15, 0.2) is 57.8 Å². The maximum atomic E-state index is 13.3. The molecule has 2 aromatic heterocycles. The quantitative estimate of drug-likeness (QED) is 0.245. The van der Waals surface area contributed by atoms with Crippen molar-refractivity contribution in [3.8, 4) is 5.75 Å². The molecule has 0 unspecified atom stereocenters. The third-order valence-electron chi connectivity index (χ3n) is 5.49. The number of halogens is 3. The molecule has 0 atom stereocenters. The van der Waals surface area contributed by atoms with Gasteiger partial charge in [0, 0.05) is 10.0 Å². The first-order valence-corrected chi connectivity index (χ1v) is 12.5. The summed E-state index contributed by atoms with van der Waals surface area (Å²) in [5.41, 5.74) is 5.56. The molecule has 3 aromatic carbocycles. The SMILES string of the molecule is Cc1cc2nc3s/c(=C\c4cc(Br)ccc4OCc4ccc(Cl)c(Cl)c4)c(=O)n3c2cc1C. The molecular formula is C25H17BrCl2N2O2S. The average molecular weight is 560 g/mol. The first-order valence-electron chi connectivity index (χ1n) is 10.1. The summed E-state index contributed by atoms with van der Waals surface area (Å²) in [6, 6.07) is 15.1. The van der Waals surface area contributed by atoms with Crippen LogP contribution in [0.2, 0.25) is 10.0 Å². The summed E-state index contributed by atoms with van der Waals surface area (Å²) in [6.45, 7) is 4.41. The van der Waals surface area contributed by atoms with Gasteiger partial charge in [-0.3, -0.25) is 4.79 Å². The molecule has 0 amide bonds. The summed E-state index contributed by atoms with van der Waals surface area (Å²) in [7, 11) is 0. The first-order chi connectivity index (χ1) is 15.8. The summed E-state index contributed by atoms with van der Waals surface area (Å²) in [5.74, 6) is 0.658. The van der Waals surface area contributed by atoms with Crippen molar-refractivity contribution >= 4 is 72.5 Å². The molecule has 5 rings (SSSR count). The molecule has 33 heavy (non-hydrogen) atoms. The summed E-state index contributed by atoms with van der Waals surface area (Å²) >= 11 is 17.0. The second-order valence-electron chi connectivity index (χ2n) is 7.79. The second kappa shape index (κ2) is 8.76. The molecule has 0 bridgehead atoms. The van der Waals surface area contributed by atoms with Crippen molar-refractivity contribution in [3.63, 3.8) is 0 Å². The van der Waals surface area contributed by atoms with Gasteiger partial charge in [0.05, 0.1) is 25.6 Å². The number of hydrogen-bond donors (Lipinski definition) is 0. The molecule has 0 aliphatic carbocycles. The lowest BCUT2D eigenvalue weighted by Crippen LogP contribution is -2.22. The first kappa shape index (κ1) is 22.4. The van der Waals surface area contributed by atoms with Gasteiger partial charge in [0.25, 0.3) is 5.56 Å². The van der Waals surface area contributed by atoms with Crippen molar-refractivity contribution < 1.29 is 4.74 Å². The summed E-state index contributed by atoms with van der Waals surface area (Å²) < 4.78 is 9.24. The van der Waals surface area contributed by atoms with E-state index in [1.54, 1.807) is 16.5 Å². The molecule has 0 fully saturated rings. The van der Waals surface area contributed by atoms with Gasteiger partial charge in [0.2, 0.25) is 0 Å². The van der Waals surface area contributed by atoms with Gasteiger partial charge < -0.3 is 4.74 Å². The number of thiazole rings is 1. The van der Waals surface area contributed by atoms with E-state index >= 15 is 0 Å². The van der Waals surface area contributed by atoms with Crippen LogP contribution in [0.4, 0.5) is 0 Å². The van der Waals surface area contributed by atoms with Gasteiger partial charge in [0.15, 0.2) is 4.96 Å². The smallest absolute Gasteiger partial charge is 0.274 e. The van der Waals surface area contributed by atoms with Gasteiger partial charge in [-0.05, 0) is 79.1 Å². The molecule has 0 radical (unpaired) electrons. The number of aryl methyl sites for hydroxylation is 2. The largest absolute Gasteiger partial charge is 0.488 e. The van der Waals surface area contributed by atoms with E-state index in [2.05, 4.69) is 20.9 Å². The topological polar surface area (TPSA) is 43.6 Å². The maximum absolute atomic E-state index is 13.3. The van der Waals surface area contributed by atoms with E-state index in [1.807, 2.05) is 56.3 Å². The van der Waals surface area contributed by atoms with Crippen molar-refractivity contribution in [1.82, 2.24) is 9.38 Å². The predicted octanol–water partition coefficient (Wildman–Crippen LogP) is 6.72. The van der Waals surface area contributed by atoms with E-state index in [0.717, 1.165) is 37.8 Å². The number of hydrogen-bond acceptors (Lipinski definition) is 4. The summed E-state index contributed by atoms with van der Waals surface area (Å²) in [5, 5.41) is 0.984. The van der Waals surface area contributed by atoms with E-state index in [9.17, 15) is 4.79 Å². The van der Waals surface area contributed by atoms with Crippen molar-refractivity contribution in [2.45, 2.75) is 20.5 Å². The van der Waals surface area contributed by atoms with Crippen molar-refractivity contribution in [2.75, 3.05) is 0 Å². The Morgan fingerprint density at radius 2 is 1.85 bits per heavy atom. The summed E-state index contributed by atoms with van der Waals surface area (Å²) in [4.78, 5) is 18.6. The number of imidazole rings is 1. The number of aromatic nitrogens is 2. The van der Waals surface area contributed by atoms with Crippen LogP contribution in [0.5, 0.6) is 5.75 Å². The fraction of sp³-hybridized carbons (Fsp3) is 0.120. The van der Waals surface area contributed by atoms with Crippen LogP contribution < -0.4 is 14.8 Å². The van der Waals surface area contributed by atoms with Crippen LogP contribution in [0.3, 0.4) is 0 Å². The zero-order valence-electron chi connectivity index (χ0n) is 17.7. The Bertz CT molecular complexity index is 1660. The minimum absolute atomic E-state index is 0.0869. The molecule has 0 aliphatic heterocycles. The molecule has 0 aliphatic rings. The Morgan fingerprint density at radius 1 is 1.06 bits per heavy atom. The zero-order valence-corrected chi connectivity index (χ0v) is 21.6. The molecule has 5 aromatic rings. The van der Waals surface area contributed by atoms with Crippen LogP contribution in [0, 0.1) is 13.8 Å².